The van der Waals surface area contributed by atoms with Crippen LogP contribution in [-0.4, -0.2) is 36.4 Å². The molecule has 0 heterocycles. The van der Waals surface area contributed by atoms with Crippen molar-refractivity contribution in [2.24, 2.45) is 0 Å². The predicted octanol–water partition coefficient (Wildman–Crippen LogP) is 20.6. The van der Waals surface area contributed by atoms with Gasteiger partial charge in [-0.15, -0.1) is 0 Å². The molecule has 0 aliphatic rings. The number of aliphatic hydroxyl groups is 1. The Morgan fingerprint density at radius 2 is 0.588 bits per heavy atom. The minimum atomic E-state index is -0.775. The summed E-state index contributed by atoms with van der Waals surface area (Å²) in [7, 11) is 0. The Bertz CT molecular complexity index is 1080. The van der Waals surface area contributed by atoms with Crippen LogP contribution < -0.4 is 0 Å². The summed E-state index contributed by atoms with van der Waals surface area (Å²) < 4.78 is 10.7. The van der Waals surface area contributed by atoms with Crippen molar-refractivity contribution >= 4 is 11.9 Å². The monoisotopic (exact) mass is 955 g/mol. The Morgan fingerprint density at radius 1 is 0.338 bits per heavy atom. The minimum Gasteiger partial charge on any atom is -0.462 e. The molecule has 1 atom stereocenters. The smallest absolute Gasteiger partial charge is 0.306 e. The number of rotatable bonds is 57. The van der Waals surface area contributed by atoms with Crippen LogP contribution in [0.1, 0.15) is 335 Å². The fraction of sp³-hybridized carbons (Fsp3) is 0.873. The standard InChI is InChI=1S/C63H118O5/c1-3-5-7-9-11-13-15-17-19-21-23-25-27-28-29-30-31-32-33-34-36-37-39-41-43-45-47-49-51-53-55-57-62(65)67-60-61(59-64)68-63(66)58-56-54-52-50-48-46-44-42-40-38-35-26-24-22-20-18-16-14-12-10-8-6-4-2/h16,18,22,24,35,38,61,64H,3-15,17,19-21,23,25-34,36-37,39-60H2,1-2H3/b18-16-,24-22-,38-35-. The van der Waals surface area contributed by atoms with Crippen LogP contribution >= 0.6 is 0 Å². The fourth-order valence-electron chi connectivity index (χ4n) is 9.33. The Labute approximate surface area is 425 Å². The van der Waals surface area contributed by atoms with E-state index >= 15 is 0 Å². The van der Waals surface area contributed by atoms with Crippen LogP contribution in [0.5, 0.6) is 0 Å². The van der Waals surface area contributed by atoms with Gasteiger partial charge in [0, 0.05) is 12.8 Å². The minimum absolute atomic E-state index is 0.0647. The number of allylic oxidation sites excluding steroid dienone is 6. The summed E-state index contributed by atoms with van der Waals surface area (Å²) in [5, 5.41) is 9.66. The predicted molar refractivity (Wildman–Crippen MR) is 298 cm³/mol. The molecule has 0 saturated carbocycles. The van der Waals surface area contributed by atoms with Gasteiger partial charge in [0.15, 0.2) is 6.10 Å². The van der Waals surface area contributed by atoms with Crippen LogP contribution in [0.25, 0.3) is 0 Å². The van der Waals surface area contributed by atoms with Gasteiger partial charge >= 0.3 is 11.9 Å². The second-order valence-electron chi connectivity index (χ2n) is 20.8. The number of esters is 2. The van der Waals surface area contributed by atoms with Crippen LogP contribution in [0.2, 0.25) is 0 Å². The van der Waals surface area contributed by atoms with Crippen LogP contribution in [0.3, 0.4) is 0 Å². The third-order valence-corrected chi connectivity index (χ3v) is 13.9. The molecule has 5 heteroatoms. The van der Waals surface area contributed by atoms with Crippen molar-refractivity contribution in [3.05, 3.63) is 36.5 Å². The summed E-state index contributed by atoms with van der Waals surface area (Å²) in [5.74, 6) is -0.582. The van der Waals surface area contributed by atoms with Gasteiger partial charge < -0.3 is 14.6 Å². The van der Waals surface area contributed by atoms with Crippen molar-refractivity contribution < 1.29 is 24.2 Å². The molecule has 0 aliphatic heterocycles. The highest BCUT2D eigenvalue weighted by Crippen LogP contribution is 2.18. The first kappa shape index (κ1) is 66.1. The second kappa shape index (κ2) is 59.4. The van der Waals surface area contributed by atoms with E-state index in [0.717, 1.165) is 51.4 Å². The van der Waals surface area contributed by atoms with E-state index < -0.39 is 6.10 Å². The summed E-state index contributed by atoms with van der Waals surface area (Å²) in [5.41, 5.74) is 0. The number of hydrogen-bond donors (Lipinski definition) is 1. The highest BCUT2D eigenvalue weighted by atomic mass is 16.6. The molecule has 0 aromatic heterocycles. The molecule has 0 aromatic carbocycles. The van der Waals surface area contributed by atoms with Crippen molar-refractivity contribution in [3.8, 4) is 0 Å². The zero-order valence-corrected chi connectivity index (χ0v) is 45.9. The summed E-state index contributed by atoms with van der Waals surface area (Å²) in [4.78, 5) is 24.6. The molecule has 0 fully saturated rings. The molecule has 1 N–H and O–H groups in total. The Kier molecular flexibility index (Phi) is 57.8. The maximum absolute atomic E-state index is 12.3. The first-order valence-corrected chi connectivity index (χ1v) is 30.5. The van der Waals surface area contributed by atoms with E-state index in [-0.39, 0.29) is 25.2 Å². The average molecular weight is 956 g/mol. The SMILES string of the molecule is CCCCCCC/C=C\C/C=C\C/C=C\CCCCCCCCCCC(=O)OC(CO)COC(=O)CCCCCCCCCCCCCCCCCCCCCCCCCCCCCCCCC. The van der Waals surface area contributed by atoms with E-state index in [1.807, 2.05) is 0 Å². The molecular formula is C63H118O5. The second-order valence-corrected chi connectivity index (χ2v) is 20.8. The van der Waals surface area contributed by atoms with Crippen molar-refractivity contribution in [3.63, 3.8) is 0 Å². The van der Waals surface area contributed by atoms with Gasteiger partial charge in [0.1, 0.15) is 6.61 Å². The van der Waals surface area contributed by atoms with E-state index in [0.29, 0.717) is 12.8 Å². The highest BCUT2D eigenvalue weighted by molar-refractivity contribution is 5.70. The van der Waals surface area contributed by atoms with Gasteiger partial charge in [-0.05, 0) is 51.4 Å². The number of aliphatic hydroxyl groups excluding tert-OH is 1. The number of ether oxygens (including phenoxy) is 2. The van der Waals surface area contributed by atoms with E-state index in [1.54, 1.807) is 0 Å². The lowest BCUT2D eigenvalue weighted by atomic mass is 10.0. The van der Waals surface area contributed by atoms with Gasteiger partial charge in [0.05, 0.1) is 6.61 Å². The van der Waals surface area contributed by atoms with Crippen LogP contribution in [0.4, 0.5) is 0 Å². The Hall–Kier alpha value is -1.88. The average Bonchev–Trinajstić information content (AvgIpc) is 3.34. The van der Waals surface area contributed by atoms with E-state index in [4.69, 9.17) is 9.47 Å². The van der Waals surface area contributed by atoms with E-state index in [9.17, 15) is 14.7 Å². The molecule has 0 bridgehead atoms. The third kappa shape index (κ3) is 56.7. The van der Waals surface area contributed by atoms with Gasteiger partial charge in [0.25, 0.3) is 0 Å². The number of hydrogen-bond acceptors (Lipinski definition) is 5. The van der Waals surface area contributed by atoms with Crippen molar-refractivity contribution in [1.29, 1.82) is 0 Å². The fourth-order valence-corrected chi connectivity index (χ4v) is 9.33. The summed E-state index contributed by atoms with van der Waals surface area (Å²) in [6.45, 7) is 4.17. The van der Waals surface area contributed by atoms with Crippen LogP contribution in [-0.2, 0) is 19.1 Å². The Morgan fingerprint density at radius 3 is 0.882 bits per heavy atom. The molecule has 0 saturated heterocycles. The lowest BCUT2D eigenvalue weighted by molar-refractivity contribution is -0.161. The first-order chi connectivity index (χ1) is 33.6. The van der Waals surface area contributed by atoms with Crippen molar-refractivity contribution in [2.75, 3.05) is 13.2 Å². The summed E-state index contributed by atoms with van der Waals surface area (Å²) >= 11 is 0. The zero-order chi connectivity index (χ0) is 49.2. The molecule has 400 valence electrons. The summed E-state index contributed by atoms with van der Waals surface area (Å²) in [6.07, 6.45) is 77.1. The van der Waals surface area contributed by atoms with Gasteiger partial charge in [-0.2, -0.15) is 0 Å². The quantitative estimate of drug-likeness (QED) is 0.0374. The lowest BCUT2D eigenvalue weighted by Crippen LogP contribution is -2.28. The lowest BCUT2D eigenvalue weighted by Gasteiger charge is -2.15. The maximum atomic E-state index is 12.3. The number of carbonyl (C=O) groups excluding carboxylic acids is 2. The molecule has 0 aliphatic carbocycles. The molecule has 0 radical (unpaired) electrons. The van der Waals surface area contributed by atoms with E-state index in [2.05, 4.69) is 50.3 Å². The van der Waals surface area contributed by atoms with Gasteiger partial charge in [-0.1, -0.05) is 307 Å². The van der Waals surface area contributed by atoms with Crippen molar-refractivity contribution in [2.45, 2.75) is 341 Å². The molecule has 0 spiro atoms. The molecule has 0 rings (SSSR count). The molecule has 0 amide bonds. The molecular weight excluding hydrogens is 837 g/mol. The zero-order valence-electron chi connectivity index (χ0n) is 45.9. The van der Waals surface area contributed by atoms with Gasteiger partial charge in [-0.3, -0.25) is 9.59 Å². The number of carbonyl (C=O) groups is 2. The highest BCUT2D eigenvalue weighted by Gasteiger charge is 2.16. The molecule has 5 nitrogen and oxygen atoms in total. The largest absolute Gasteiger partial charge is 0.462 e. The third-order valence-electron chi connectivity index (χ3n) is 13.9. The summed E-state index contributed by atoms with van der Waals surface area (Å²) in [6, 6.07) is 0. The normalized spacial score (nSPS) is 12.3. The molecule has 0 aromatic rings. The van der Waals surface area contributed by atoms with Gasteiger partial charge in [-0.25, -0.2) is 0 Å². The Balaban J connectivity index is 3.42. The van der Waals surface area contributed by atoms with Crippen LogP contribution in [0.15, 0.2) is 36.5 Å². The van der Waals surface area contributed by atoms with E-state index in [1.165, 1.54) is 257 Å². The van der Waals surface area contributed by atoms with Crippen molar-refractivity contribution in [1.82, 2.24) is 0 Å². The molecule has 1 unspecified atom stereocenters. The molecule has 68 heavy (non-hydrogen) atoms. The first-order valence-electron chi connectivity index (χ1n) is 30.5. The maximum Gasteiger partial charge on any atom is 0.306 e. The topological polar surface area (TPSA) is 72.8 Å². The number of unbranched alkanes of at least 4 members (excludes halogenated alkanes) is 43. The van der Waals surface area contributed by atoms with Gasteiger partial charge in [0.2, 0.25) is 0 Å². The van der Waals surface area contributed by atoms with Crippen LogP contribution in [0, 0.1) is 0 Å².